The highest BCUT2D eigenvalue weighted by Crippen LogP contribution is 2.26. The average molecular weight is 292 g/mol. The minimum Gasteiger partial charge on any atom is -0.300 e. The fourth-order valence-corrected chi connectivity index (χ4v) is 3.61. The van der Waals surface area contributed by atoms with Gasteiger partial charge >= 0.3 is 0 Å². The van der Waals surface area contributed by atoms with Crippen LogP contribution < -0.4 is 5.43 Å². The fourth-order valence-electron chi connectivity index (χ4n) is 2.68. The third-order valence-corrected chi connectivity index (χ3v) is 4.67. The zero-order valence-electron chi connectivity index (χ0n) is 11.4. The second-order valence-electron chi connectivity index (χ2n) is 4.95. The highest BCUT2D eigenvalue weighted by molar-refractivity contribution is 7.17. The molecule has 0 fully saturated rings. The van der Waals surface area contributed by atoms with E-state index >= 15 is 0 Å². The lowest BCUT2D eigenvalue weighted by atomic mass is 10.1. The Hall–Kier alpha value is -2.46. The molecule has 0 radical (unpaired) electrons. The molecule has 0 N–H and O–H groups in total. The zero-order valence-corrected chi connectivity index (χ0v) is 12.2. The number of benzene rings is 2. The Labute approximate surface area is 125 Å². The highest BCUT2D eigenvalue weighted by Gasteiger charge is 2.11. The molecule has 3 nitrogen and oxygen atoms in total. The van der Waals surface area contributed by atoms with Gasteiger partial charge in [-0.15, -0.1) is 11.3 Å². The molecule has 2 aromatic carbocycles. The Morgan fingerprint density at radius 2 is 2.00 bits per heavy atom. The molecule has 2 aromatic heterocycles. The number of aromatic nitrogens is 2. The lowest BCUT2D eigenvalue weighted by molar-refractivity contribution is 0.972. The molecule has 0 aliphatic carbocycles. The first-order valence-electron chi connectivity index (χ1n) is 6.69. The molecule has 0 saturated heterocycles. The second-order valence-corrected chi connectivity index (χ2v) is 5.87. The van der Waals surface area contributed by atoms with Crippen molar-refractivity contribution in [2.45, 2.75) is 6.92 Å². The largest absolute Gasteiger partial charge is 0.300 e. The number of hydrogen-bond acceptors (Lipinski definition) is 3. The minimum atomic E-state index is 0.0571. The van der Waals surface area contributed by atoms with Gasteiger partial charge in [0.05, 0.1) is 0 Å². The molecule has 0 atom stereocenters. The third-order valence-electron chi connectivity index (χ3n) is 3.73. The van der Waals surface area contributed by atoms with Crippen molar-refractivity contribution in [3.05, 3.63) is 70.2 Å². The summed E-state index contributed by atoms with van der Waals surface area (Å²) in [5.41, 5.74) is 0.723. The molecular formula is C17H12N2OS. The van der Waals surface area contributed by atoms with E-state index in [1.807, 2.05) is 53.4 Å². The number of aryl methyl sites for hydroxylation is 1. The van der Waals surface area contributed by atoms with Gasteiger partial charge in [0.1, 0.15) is 11.5 Å². The topological polar surface area (TPSA) is 34.9 Å². The predicted octanol–water partition coefficient (Wildman–Crippen LogP) is 3.91. The molecule has 102 valence electrons. The smallest absolute Gasteiger partial charge is 0.212 e. The molecule has 0 amide bonds. The highest BCUT2D eigenvalue weighted by atomic mass is 32.1. The van der Waals surface area contributed by atoms with Gasteiger partial charge in [-0.2, -0.15) is 0 Å². The molecular weight excluding hydrogens is 280 g/mol. The molecule has 4 aromatic rings. The first-order valence-corrected chi connectivity index (χ1v) is 7.57. The van der Waals surface area contributed by atoms with Crippen LogP contribution in [-0.4, -0.2) is 9.55 Å². The summed E-state index contributed by atoms with van der Waals surface area (Å²) in [6, 6.07) is 12.1. The van der Waals surface area contributed by atoms with Crippen molar-refractivity contribution in [3.63, 3.8) is 0 Å². The fraction of sp³-hybridized carbons (Fsp3) is 0.0588. The summed E-state index contributed by atoms with van der Waals surface area (Å²) in [5, 5.41) is 4.81. The van der Waals surface area contributed by atoms with Gasteiger partial charge in [-0.1, -0.05) is 30.3 Å². The molecule has 2 heterocycles. The van der Waals surface area contributed by atoms with Crippen LogP contribution in [0.2, 0.25) is 0 Å². The summed E-state index contributed by atoms with van der Waals surface area (Å²) in [6.45, 7) is 1.90. The van der Waals surface area contributed by atoms with Gasteiger partial charge in [-0.25, -0.2) is 4.98 Å². The van der Waals surface area contributed by atoms with E-state index < -0.39 is 0 Å². The van der Waals surface area contributed by atoms with E-state index in [0.717, 1.165) is 26.7 Å². The van der Waals surface area contributed by atoms with Gasteiger partial charge in [-0.05, 0) is 23.8 Å². The van der Waals surface area contributed by atoms with Gasteiger partial charge in [0, 0.05) is 27.9 Å². The van der Waals surface area contributed by atoms with Crippen molar-refractivity contribution >= 4 is 32.2 Å². The normalized spacial score (nSPS) is 11.3. The predicted molar refractivity (Wildman–Crippen MR) is 87.5 cm³/mol. The number of rotatable bonds is 1. The summed E-state index contributed by atoms with van der Waals surface area (Å²) in [6.07, 6.45) is 3.54. The van der Waals surface area contributed by atoms with E-state index in [1.165, 1.54) is 0 Å². The van der Waals surface area contributed by atoms with Crippen LogP contribution in [0.15, 0.2) is 59.0 Å². The van der Waals surface area contributed by atoms with Gasteiger partial charge in [-0.3, -0.25) is 9.36 Å². The Bertz CT molecular complexity index is 1030. The SMILES string of the molecule is Cc1nccn1-c1csc2ccc3ccccc3c2c1=O. The molecule has 0 bridgehead atoms. The Morgan fingerprint density at radius 3 is 2.81 bits per heavy atom. The van der Waals surface area contributed by atoms with Crippen molar-refractivity contribution in [3.8, 4) is 5.69 Å². The second kappa shape index (κ2) is 4.53. The van der Waals surface area contributed by atoms with Crippen LogP contribution in [0.5, 0.6) is 0 Å². The Morgan fingerprint density at radius 1 is 1.14 bits per heavy atom. The van der Waals surface area contributed by atoms with E-state index in [4.69, 9.17) is 0 Å². The Kier molecular flexibility index (Phi) is 2.65. The lowest BCUT2D eigenvalue weighted by Crippen LogP contribution is -2.11. The van der Waals surface area contributed by atoms with Crippen molar-refractivity contribution < 1.29 is 0 Å². The van der Waals surface area contributed by atoms with Crippen LogP contribution >= 0.6 is 11.3 Å². The Balaban J connectivity index is 2.18. The van der Waals surface area contributed by atoms with Crippen molar-refractivity contribution in [1.82, 2.24) is 9.55 Å². The molecule has 0 aliphatic heterocycles. The van der Waals surface area contributed by atoms with Crippen molar-refractivity contribution in [2.75, 3.05) is 0 Å². The van der Waals surface area contributed by atoms with Gasteiger partial charge < -0.3 is 0 Å². The molecule has 4 rings (SSSR count). The summed E-state index contributed by atoms with van der Waals surface area (Å²) in [4.78, 5) is 17.2. The van der Waals surface area contributed by atoms with Crippen LogP contribution in [0, 0.1) is 6.92 Å². The van der Waals surface area contributed by atoms with E-state index in [0.29, 0.717) is 5.69 Å². The van der Waals surface area contributed by atoms with Crippen LogP contribution in [0.25, 0.3) is 26.5 Å². The van der Waals surface area contributed by atoms with Crippen LogP contribution in [0.4, 0.5) is 0 Å². The molecule has 0 aliphatic rings. The summed E-state index contributed by atoms with van der Waals surface area (Å²) < 4.78 is 2.86. The number of nitrogens with zero attached hydrogens (tertiary/aromatic N) is 2. The summed E-state index contributed by atoms with van der Waals surface area (Å²) in [5.74, 6) is 0.818. The lowest BCUT2D eigenvalue weighted by Gasteiger charge is -2.07. The van der Waals surface area contributed by atoms with E-state index in [1.54, 1.807) is 17.5 Å². The summed E-state index contributed by atoms with van der Waals surface area (Å²) in [7, 11) is 0. The molecule has 0 unspecified atom stereocenters. The van der Waals surface area contributed by atoms with Gasteiger partial charge in [0.25, 0.3) is 0 Å². The quantitative estimate of drug-likeness (QED) is 0.499. The molecule has 21 heavy (non-hydrogen) atoms. The van der Waals surface area contributed by atoms with E-state index in [-0.39, 0.29) is 5.43 Å². The maximum absolute atomic E-state index is 13.0. The average Bonchev–Trinajstić information content (AvgIpc) is 2.93. The van der Waals surface area contributed by atoms with Gasteiger partial charge in [0.2, 0.25) is 5.43 Å². The number of fused-ring (bicyclic) bond motifs is 3. The van der Waals surface area contributed by atoms with Gasteiger partial charge in [0.15, 0.2) is 0 Å². The van der Waals surface area contributed by atoms with Crippen molar-refractivity contribution in [1.29, 1.82) is 0 Å². The number of hydrogen-bond donors (Lipinski definition) is 0. The minimum absolute atomic E-state index is 0.0571. The van der Waals surface area contributed by atoms with E-state index in [9.17, 15) is 4.79 Å². The monoisotopic (exact) mass is 292 g/mol. The molecule has 0 spiro atoms. The van der Waals surface area contributed by atoms with E-state index in [2.05, 4.69) is 11.1 Å². The maximum atomic E-state index is 13.0. The first kappa shape index (κ1) is 12.3. The number of imidazole rings is 1. The van der Waals surface area contributed by atoms with Crippen LogP contribution in [0.1, 0.15) is 5.82 Å². The van der Waals surface area contributed by atoms with Crippen LogP contribution in [0.3, 0.4) is 0 Å². The zero-order chi connectivity index (χ0) is 14.4. The van der Waals surface area contributed by atoms with Crippen molar-refractivity contribution in [2.24, 2.45) is 0 Å². The van der Waals surface area contributed by atoms with Crippen LogP contribution in [-0.2, 0) is 0 Å². The molecule has 0 saturated carbocycles. The standard InChI is InChI=1S/C17H12N2OS/c1-11-18-8-9-19(11)14-10-21-15-7-6-12-4-2-3-5-13(12)16(15)17(14)20/h2-10H,1H3. The maximum Gasteiger partial charge on any atom is 0.212 e. The third kappa shape index (κ3) is 1.80. The first-order chi connectivity index (χ1) is 10.3. The summed E-state index contributed by atoms with van der Waals surface area (Å²) >= 11 is 1.59. The molecule has 4 heteroatoms.